The molecule has 4 N–H and O–H groups in total. The van der Waals surface area contributed by atoms with Gasteiger partial charge in [0.15, 0.2) is 5.13 Å². The molecule has 7 rings (SSSR count). The lowest BCUT2D eigenvalue weighted by Crippen LogP contribution is -2.56. The van der Waals surface area contributed by atoms with E-state index in [0.29, 0.717) is 46.6 Å². The summed E-state index contributed by atoms with van der Waals surface area (Å²) in [4.78, 5) is 65.5. The fourth-order valence-corrected chi connectivity index (χ4v) is 8.75. The number of hydrogen-bond acceptors (Lipinski definition) is 11. The quantitative estimate of drug-likeness (QED) is 0.186. The number of thiazole rings is 1. The van der Waals surface area contributed by atoms with Crippen molar-refractivity contribution in [1.29, 1.82) is 0 Å². The molecule has 294 valence electrons. The van der Waals surface area contributed by atoms with Crippen LogP contribution in [0.2, 0.25) is 0 Å². The van der Waals surface area contributed by atoms with Gasteiger partial charge in [0, 0.05) is 41.3 Å². The average Bonchev–Trinajstić information content (AvgIpc) is 3.58. The van der Waals surface area contributed by atoms with Gasteiger partial charge in [-0.1, -0.05) is 25.0 Å². The second-order valence-corrected chi connectivity index (χ2v) is 16.2. The monoisotopic (exact) mass is 774 g/mol. The van der Waals surface area contributed by atoms with Crippen LogP contribution in [0, 0.1) is 5.92 Å². The van der Waals surface area contributed by atoms with Gasteiger partial charge in [-0.2, -0.15) is 0 Å². The molecule has 0 spiro atoms. The second-order valence-electron chi connectivity index (χ2n) is 15.4. The number of carboxylic acid groups (broad SMARTS) is 1. The number of rotatable bonds is 9. The fourth-order valence-electron chi connectivity index (χ4n) is 7.90. The molecule has 2 saturated carbocycles. The summed E-state index contributed by atoms with van der Waals surface area (Å²) in [6.07, 6.45) is 9.71. The Kier molecular flexibility index (Phi) is 11.5. The Balaban J connectivity index is 1.20. The van der Waals surface area contributed by atoms with Crippen LogP contribution in [0.15, 0.2) is 41.8 Å². The van der Waals surface area contributed by atoms with Crippen LogP contribution < -0.4 is 25.4 Å². The Hall–Kier alpha value is -4.92. The molecule has 4 aliphatic rings. The van der Waals surface area contributed by atoms with Crippen LogP contribution in [0.4, 0.5) is 9.93 Å². The summed E-state index contributed by atoms with van der Waals surface area (Å²) in [6.45, 7) is 4.11. The third-order valence-corrected chi connectivity index (χ3v) is 11.7. The standard InChI is InChI=1S/C40H50N6O8S/c1-23(2)41-38-43-32(22-55-38)31-19-34(28-16-15-26(52-3)17-30(28)42-31)53-27-18-33-35(47)45-40(37(49)50)20-24(40)11-7-5-4-6-8-14-29(36(48)46(33)21-27)44-39(51)54-25-12-9-10-13-25/h7,11,15-17,19,22-25,27,29,33H,4-6,8-10,12-14,18,20-21H2,1-3H3,(H,41,43)(H,44,51)(H,45,47)(H,49,50)/b11-7-/t24?,27-,29+,33+,40+/m1/s1. The zero-order chi connectivity index (χ0) is 38.7. The predicted octanol–water partition coefficient (Wildman–Crippen LogP) is 6.05. The van der Waals surface area contributed by atoms with Crippen LogP contribution >= 0.6 is 11.3 Å². The van der Waals surface area contributed by atoms with Gasteiger partial charge >= 0.3 is 12.1 Å². The number of allylic oxidation sites excluding steroid dienone is 1. The van der Waals surface area contributed by atoms with E-state index in [1.54, 1.807) is 7.11 Å². The van der Waals surface area contributed by atoms with Gasteiger partial charge in [0.05, 0.1) is 24.9 Å². The van der Waals surface area contributed by atoms with Crippen LogP contribution in [-0.2, 0) is 19.1 Å². The molecule has 3 amide bonds. The van der Waals surface area contributed by atoms with Gasteiger partial charge in [-0.3, -0.25) is 9.59 Å². The average molecular weight is 775 g/mol. The van der Waals surface area contributed by atoms with E-state index in [1.807, 2.05) is 55.6 Å². The topological polar surface area (TPSA) is 181 Å². The molecule has 3 aromatic rings. The zero-order valence-electron chi connectivity index (χ0n) is 31.5. The van der Waals surface area contributed by atoms with Crippen LogP contribution in [0.5, 0.6) is 11.5 Å². The number of anilines is 1. The minimum absolute atomic E-state index is 0.0324. The number of aliphatic carboxylic acids is 1. The van der Waals surface area contributed by atoms with Gasteiger partial charge in [0.25, 0.3) is 0 Å². The Morgan fingerprint density at radius 1 is 1.04 bits per heavy atom. The molecular weight excluding hydrogens is 725 g/mol. The number of aromatic nitrogens is 2. The smallest absolute Gasteiger partial charge is 0.408 e. The van der Waals surface area contributed by atoms with E-state index >= 15 is 0 Å². The Morgan fingerprint density at radius 3 is 2.60 bits per heavy atom. The lowest BCUT2D eigenvalue weighted by Gasteiger charge is -2.29. The van der Waals surface area contributed by atoms with Gasteiger partial charge < -0.3 is 40.2 Å². The van der Waals surface area contributed by atoms with Crippen molar-refractivity contribution in [1.82, 2.24) is 25.5 Å². The third-order valence-electron chi connectivity index (χ3n) is 10.9. The number of methoxy groups -OCH3 is 1. The maximum absolute atomic E-state index is 14.5. The molecule has 1 saturated heterocycles. The van der Waals surface area contributed by atoms with E-state index < -0.39 is 47.6 Å². The molecule has 14 nitrogen and oxygen atoms in total. The summed E-state index contributed by atoms with van der Waals surface area (Å²) in [7, 11) is 1.58. The number of ether oxygens (including phenoxy) is 3. The predicted molar refractivity (Wildman–Crippen MR) is 207 cm³/mol. The summed E-state index contributed by atoms with van der Waals surface area (Å²) in [5.74, 6) is -1.37. The maximum Gasteiger partial charge on any atom is 0.408 e. The van der Waals surface area contributed by atoms with E-state index in [9.17, 15) is 24.3 Å². The molecule has 0 radical (unpaired) electrons. The van der Waals surface area contributed by atoms with Gasteiger partial charge in [-0.25, -0.2) is 19.6 Å². The molecule has 1 unspecified atom stereocenters. The highest BCUT2D eigenvalue weighted by molar-refractivity contribution is 7.14. The summed E-state index contributed by atoms with van der Waals surface area (Å²) < 4.78 is 17.9. The minimum Gasteiger partial charge on any atom is -0.497 e. The molecule has 0 bridgehead atoms. The van der Waals surface area contributed by atoms with Crippen molar-refractivity contribution in [2.24, 2.45) is 5.92 Å². The third kappa shape index (κ3) is 8.66. The van der Waals surface area contributed by atoms with Crippen molar-refractivity contribution in [3.63, 3.8) is 0 Å². The SMILES string of the molecule is COc1ccc2c(O[C@@H]3C[C@H]4C(=O)N[C@@]5(C(=O)O)CC5/C=C\CCCCC[C@H](NC(=O)OC5CCCC5)C(=O)N4C3)cc(-c3csc(NC(C)C)n3)nc2c1. The summed E-state index contributed by atoms with van der Waals surface area (Å²) in [5, 5.41) is 22.6. The molecule has 2 aliphatic heterocycles. The summed E-state index contributed by atoms with van der Waals surface area (Å²) in [5.41, 5.74) is 0.394. The molecule has 5 atom stereocenters. The number of carbonyl (C=O) groups is 4. The van der Waals surface area contributed by atoms with Gasteiger partial charge in [0.2, 0.25) is 11.8 Å². The van der Waals surface area contributed by atoms with E-state index in [2.05, 4.69) is 16.0 Å². The lowest BCUT2D eigenvalue weighted by molar-refractivity contribution is -0.145. The van der Waals surface area contributed by atoms with Crippen LogP contribution in [-0.4, -0.2) is 93.4 Å². The highest BCUT2D eigenvalue weighted by Gasteiger charge is 2.61. The minimum atomic E-state index is -1.45. The van der Waals surface area contributed by atoms with E-state index in [1.165, 1.54) is 16.2 Å². The van der Waals surface area contributed by atoms with Crippen molar-refractivity contribution in [2.75, 3.05) is 19.0 Å². The molecule has 15 heteroatoms. The number of fused-ring (bicyclic) bond motifs is 3. The number of nitrogens with one attached hydrogen (secondary N) is 3. The largest absolute Gasteiger partial charge is 0.497 e. The van der Waals surface area contributed by atoms with Gasteiger partial charge in [0.1, 0.15) is 47.0 Å². The van der Waals surface area contributed by atoms with E-state index in [-0.39, 0.29) is 37.5 Å². The number of carbonyl (C=O) groups excluding carboxylic acids is 3. The number of amides is 3. The first-order valence-corrected chi connectivity index (χ1v) is 20.3. The van der Waals surface area contributed by atoms with Gasteiger partial charge in [-0.05, 0) is 77.3 Å². The molecule has 2 aromatic heterocycles. The van der Waals surface area contributed by atoms with Crippen LogP contribution in [0.3, 0.4) is 0 Å². The number of pyridine rings is 1. The second kappa shape index (κ2) is 16.4. The van der Waals surface area contributed by atoms with Crippen molar-refractivity contribution in [3.8, 4) is 22.9 Å². The molecule has 3 fully saturated rings. The molecule has 2 aliphatic carbocycles. The summed E-state index contributed by atoms with van der Waals surface area (Å²) in [6, 6.07) is 5.50. The van der Waals surface area contributed by atoms with E-state index in [0.717, 1.165) is 50.1 Å². The molecule has 4 heterocycles. The van der Waals surface area contributed by atoms with Crippen molar-refractivity contribution in [2.45, 2.75) is 120 Å². The van der Waals surface area contributed by atoms with E-state index in [4.69, 9.17) is 24.2 Å². The number of hydrogen-bond donors (Lipinski definition) is 4. The number of alkyl carbamates (subject to hydrolysis) is 1. The van der Waals surface area contributed by atoms with Gasteiger partial charge in [-0.15, -0.1) is 11.3 Å². The molecule has 1 aromatic carbocycles. The number of benzene rings is 1. The van der Waals surface area contributed by atoms with Crippen LogP contribution in [0.1, 0.15) is 84.5 Å². The maximum atomic E-state index is 14.5. The summed E-state index contributed by atoms with van der Waals surface area (Å²) >= 11 is 1.47. The fraction of sp³-hybridized carbons (Fsp3) is 0.550. The molecular formula is C40H50N6O8S. The Bertz CT molecular complexity index is 1940. The zero-order valence-corrected chi connectivity index (χ0v) is 32.4. The first kappa shape index (κ1) is 38.4. The first-order chi connectivity index (χ1) is 26.5. The highest BCUT2D eigenvalue weighted by atomic mass is 32.1. The first-order valence-electron chi connectivity index (χ1n) is 19.4. The highest BCUT2D eigenvalue weighted by Crippen LogP contribution is 2.45. The van der Waals surface area contributed by atoms with Crippen molar-refractivity contribution in [3.05, 3.63) is 41.8 Å². The van der Waals surface area contributed by atoms with Crippen LogP contribution in [0.25, 0.3) is 22.3 Å². The number of carboxylic acids is 1. The Morgan fingerprint density at radius 2 is 1.84 bits per heavy atom. The lowest BCUT2D eigenvalue weighted by atomic mass is 10.0. The van der Waals surface area contributed by atoms with Crippen molar-refractivity contribution >= 4 is 51.2 Å². The number of nitrogens with zero attached hydrogens (tertiary/aromatic N) is 3. The normalized spacial score (nSPS) is 26.7. The van der Waals surface area contributed by atoms with Crippen molar-refractivity contribution < 1.29 is 38.5 Å². The Labute approximate surface area is 324 Å². The molecule has 55 heavy (non-hydrogen) atoms.